The summed E-state index contributed by atoms with van der Waals surface area (Å²) in [5.74, 6) is -0.140. The summed E-state index contributed by atoms with van der Waals surface area (Å²) < 4.78 is 0. The second-order valence-corrected chi connectivity index (χ2v) is 6.07. The van der Waals surface area contributed by atoms with Gasteiger partial charge in [-0.25, -0.2) is 9.59 Å². The molecule has 6 heteroatoms. The Balaban J connectivity index is 2.24. The van der Waals surface area contributed by atoms with Gasteiger partial charge in [-0.15, -0.1) is 0 Å². The Bertz CT molecular complexity index is 535. The highest BCUT2D eigenvalue weighted by Crippen LogP contribution is 2.30. The maximum Gasteiger partial charge on any atom is 0.331 e. The van der Waals surface area contributed by atoms with Gasteiger partial charge in [-0.1, -0.05) is 24.3 Å². The minimum atomic E-state index is -0.978. The third-order valence-electron chi connectivity index (χ3n) is 3.72. The molecule has 0 saturated carbocycles. The van der Waals surface area contributed by atoms with Crippen molar-refractivity contribution < 1.29 is 14.7 Å². The van der Waals surface area contributed by atoms with E-state index in [0.29, 0.717) is 19.5 Å². The molecule has 1 N–H and O–H groups in total. The predicted molar refractivity (Wildman–Crippen MR) is 83.6 cm³/mol. The molecule has 21 heavy (non-hydrogen) atoms. The lowest BCUT2D eigenvalue weighted by Gasteiger charge is -2.37. The summed E-state index contributed by atoms with van der Waals surface area (Å²) in [6.07, 6.45) is 2.68. The van der Waals surface area contributed by atoms with E-state index >= 15 is 0 Å². The van der Waals surface area contributed by atoms with Gasteiger partial charge in [0.15, 0.2) is 6.04 Å². The largest absolute Gasteiger partial charge is 0.479 e. The van der Waals surface area contributed by atoms with Crippen molar-refractivity contribution in [3.63, 3.8) is 0 Å². The maximum absolute atomic E-state index is 12.5. The van der Waals surface area contributed by atoms with Crippen LogP contribution in [0.2, 0.25) is 0 Å². The van der Waals surface area contributed by atoms with Crippen LogP contribution in [0.15, 0.2) is 24.3 Å². The molecule has 2 amide bonds. The third kappa shape index (κ3) is 3.32. The molecular weight excluding hydrogens is 288 g/mol. The van der Waals surface area contributed by atoms with Crippen LogP contribution in [0.25, 0.3) is 0 Å². The molecule has 1 heterocycles. The molecule has 1 aromatic carbocycles. The molecule has 114 valence electrons. The number of carboxylic acid groups (broad SMARTS) is 1. The van der Waals surface area contributed by atoms with Crippen LogP contribution in [0.4, 0.5) is 4.79 Å². The average Bonchev–Trinajstić information content (AvgIpc) is 2.50. The molecular formula is C15H20N2O3S. The number of amides is 2. The number of carbonyl (C=O) groups excluding carboxylic acids is 1. The van der Waals surface area contributed by atoms with Gasteiger partial charge < -0.3 is 14.9 Å². The SMILES string of the molecule is CSCCN(C)C(=O)N1CCc2ccccc2C1C(=O)O. The minimum absolute atomic E-state index is 0.217. The summed E-state index contributed by atoms with van der Waals surface area (Å²) in [5, 5.41) is 9.55. The summed E-state index contributed by atoms with van der Waals surface area (Å²) in [6, 6.07) is 6.35. The van der Waals surface area contributed by atoms with Gasteiger partial charge in [0.1, 0.15) is 0 Å². The molecule has 0 radical (unpaired) electrons. The monoisotopic (exact) mass is 308 g/mol. The number of carboxylic acids is 1. The Morgan fingerprint density at radius 1 is 1.43 bits per heavy atom. The van der Waals surface area contributed by atoms with E-state index in [1.807, 2.05) is 24.5 Å². The lowest BCUT2D eigenvalue weighted by molar-refractivity contribution is -0.143. The van der Waals surface area contributed by atoms with Crippen LogP contribution < -0.4 is 0 Å². The molecule has 0 aromatic heterocycles. The normalized spacial score (nSPS) is 17.2. The molecule has 0 spiro atoms. The Hall–Kier alpha value is -1.69. The highest BCUT2D eigenvalue weighted by atomic mass is 32.2. The molecule has 1 unspecified atom stereocenters. The fourth-order valence-corrected chi connectivity index (χ4v) is 3.04. The summed E-state index contributed by atoms with van der Waals surface area (Å²) in [7, 11) is 1.72. The number of nitrogens with zero attached hydrogens (tertiary/aromatic N) is 2. The molecule has 1 atom stereocenters. The zero-order valence-electron chi connectivity index (χ0n) is 12.3. The van der Waals surface area contributed by atoms with Gasteiger partial charge in [0.2, 0.25) is 0 Å². The number of urea groups is 1. The second kappa shape index (κ2) is 6.85. The van der Waals surface area contributed by atoms with E-state index in [2.05, 4.69) is 0 Å². The first kappa shape index (κ1) is 15.7. The summed E-state index contributed by atoms with van der Waals surface area (Å²) >= 11 is 1.66. The van der Waals surface area contributed by atoms with Crippen LogP contribution in [-0.4, -0.2) is 59.1 Å². The number of hydrogen-bond acceptors (Lipinski definition) is 3. The predicted octanol–water partition coefficient (Wildman–Crippen LogP) is 2.09. The summed E-state index contributed by atoms with van der Waals surface area (Å²) in [6.45, 7) is 1.06. The molecule has 0 bridgehead atoms. The lowest BCUT2D eigenvalue weighted by Crippen LogP contribution is -2.49. The van der Waals surface area contributed by atoms with Crippen molar-refractivity contribution in [2.45, 2.75) is 12.5 Å². The zero-order chi connectivity index (χ0) is 15.4. The van der Waals surface area contributed by atoms with Crippen molar-refractivity contribution in [2.24, 2.45) is 0 Å². The van der Waals surface area contributed by atoms with Crippen molar-refractivity contribution in [1.29, 1.82) is 0 Å². The first-order valence-corrected chi connectivity index (χ1v) is 8.27. The number of thioether (sulfide) groups is 1. The molecule has 1 aliphatic rings. The van der Waals surface area contributed by atoms with E-state index in [4.69, 9.17) is 0 Å². The van der Waals surface area contributed by atoms with Gasteiger partial charge in [-0.2, -0.15) is 11.8 Å². The first-order chi connectivity index (χ1) is 10.1. The number of aliphatic carboxylic acids is 1. The van der Waals surface area contributed by atoms with E-state index in [0.717, 1.165) is 16.9 Å². The highest BCUT2D eigenvalue weighted by molar-refractivity contribution is 7.98. The highest BCUT2D eigenvalue weighted by Gasteiger charge is 2.36. The van der Waals surface area contributed by atoms with Crippen molar-refractivity contribution in [3.8, 4) is 0 Å². The number of hydrogen-bond donors (Lipinski definition) is 1. The number of fused-ring (bicyclic) bond motifs is 1. The van der Waals surface area contributed by atoms with Crippen LogP contribution >= 0.6 is 11.8 Å². The van der Waals surface area contributed by atoms with Crippen LogP contribution in [0.1, 0.15) is 17.2 Å². The van der Waals surface area contributed by atoms with Crippen LogP contribution in [-0.2, 0) is 11.2 Å². The number of benzene rings is 1. The quantitative estimate of drug-likeness (QED) is 0.925. The van der Waals surface area contributed by atoms with E-state index in [-0.39, 0.29) is 6.03 Å². The van der Waals surface area contributed by atoms with Gasteiger partial charge in [0, 0.05) is 25.9 Å². The summed E-state index contributed by atoms with van der Waals surface area (Å²) in [4.78, 5) is 27.2. The van der Waals surface area contributed by atoms with E-state index in [1.54, 1.807) is 29.8 Å². The van der Waals surface area contributed by atoms with Crippen molar-refractivity contribution >= 4 is 23.8 Å². The first-order valence-electron chi connectivity index (χ1n) is 6.87. The van der Waals surface area contributed by atoms with Crippen molar-refractivity contribution in [1.82, 2.24) is 9.80 Å². The fourth-order valence-electron chi connectivity index (χ4n) is 2.58. The smallest absolute Gasteiger partial charge is 0.331 e. The lowest BCUT2D eigenvalue weighted by atomic mass is 9.93. The van der Waals surface area contributed by atoms with Crippen molar-refractivity contribution in [2.75, 3.05) is 32.1 Å². The Labute approximate surface area is 128 Å². The van der Waals surface area contributed by atoms with Gasteiger partial charge in [0.05, 0.1) is 0 Å². The third-order valence-corrected chi connectivity index (χ3v) is 4.31. The molecule has 0 saturated heterocycles. The Kier molecular flexibility index (Phi) is 5.12. The zero-order valence-corrected chi connectivity index (χ0v) is 13.1. The molecule has 0 fully saturated rings. The second-order valence-electron chi connectivity index (χ2n) is 5.08. The Morgan fingerprint density at radius 2 is 2.14 bits per heavy atom. The molecule has 5 nitrogen and oxygen atoms in total. The van der Waals surface area contributed by atoms with Gasteiger partial charge >= 0.3 is 12.0 Å². The van der Waals surface area contributed by atoms with Crippen LogP contribution in [0.5, 0.6) is 0 Å². The van der Waals surface area contributed by atoms with E-state index in [9.17, 15) is 14.7 Å². The standard InChI is InChI=1S/C15H20N2O3S/c1-16(9-10-21-2)15(20)17-8-7-11-5-3-4-6-12(11)13(17)14(18)19/h3-6,13H,7-10H2,1-2H3,(H,18,19). The molecule has 0 aliphatic carbocycles. The summed E-state index contributed by atoms with van der Waals surface area (Å²) in [5.41, 5.74) is 1.74. The molecule has 2 rings (SSSR count). The van der Waals surface area contributed by atoms with Crippen LogP contribution in [0, 0.1) is 0 Å². The molecule has 1 aliphatic heterocycles. The van der Waals surface area contributed by atoms with E-state index < -0.39 is 12.0 Å². The van der Waals surface area contributed by atoms with Crippen LogP contribution in [0.3, 0.4) is 0 Å². The molecule has 1 aromatic rings. The average molecular weight is 308 g/mol. The van der Waals surface area contributed by atoms with Crippen molar-refractivity contribution in [3.05, 3.63) is 35.4 Å². The van der Waals surface area contributed by atoms with Gasteiger partial charge in [0.25, 0.3) is 0 Å². The van der Waals surface area contributed by atoms with Gasteiger partial charge in [-0.05, 0) is 23.8 Å². The number of carbonyl (C=O) groups is 2. The number of rotatable bonds is 4. The topological polar surface area (TPSA) is 60.9 Å². The Morgan fingerprint density at radius 3 is 2.81 bits per heavy atom. The maximum atomic E-state index is 12.5. The van der Waals surface area contributed by atoms with E-state index in [1.165, 1.54) is 4.90 Å². The minimum Gasteiger partial charge on any atom is -0.479 e. The fraction of sp³-hybridized carbons (Fsp3) is 0.467. The van der Waals surface area contributed by atoms with Gasteiger partial charge in [-0.3, -0.25) is 0 Å².